The molecule has 1 N–H and O–H groups in total. The van der Waals surface area contributed by atoms with Crippen LogP contribution < -0.4 is 14.8 Å². The fourth-order valence-corrected chi connectivity index (χ4v) is 3.78. The van der Waals surface area contributed by atoms with E-state index in [4.69, 9.17) is 14.0 Å². The van der Waals surface area contributed by atoms with Gasteiger partial charge in [-0.05, 0) is 32.9 Å². The monoisotopic (exact) mass is 376 g/mol. The van der Waals surface area contributed by atoms with Crippen LogP contribution in [0.4, 0.5) is 5.82 Å². The second kappa shape index (κ2) is 8.49. The molecule has 0 unspecified atom stereocenters. The van der Waals surface area contributed by atoms with Gasteiger partial charge in [-0.1, -0.05) is 5.16 Å². The van der Waals surface area contributed by atoms with Crippen molar-refractivity contribution in [1.82, 2.24) is 5.16 Å². The summed E-state index contributed by atoms with van der Waals surface area (Å²) in [5.41, 5.74) is 2.31. The van der Waals surface area contributed by atoms with Crippen molar-refractivity contribution in [3.63, 3.8) is 0 Å². The zero-order valence-electron chi connectivity index (χ0n) is 15.3. The Hall–Kier alpha value is -2.15. The van der Waals surface area contributed by atoms with Crippen LogP contribution in [0.3, 0.4) is 0 Å². The lowest BCUT2D eigenvalue weighted by Crippen LogP contribution is -2.12. The van der Waals surface area contributed by atoms with Crippen LogP contribution in [0.1, 0.15) is 37.2 Å². The van der Waals surface area contributed by atoms with Gasteiger partial charge in [-0.3, -0.25) is 4.79 Å². The number of hydrogen-bond donors (Lipinski definition) is 1. The van der Waals surface area contributed by atoms with Crippen molar-refractivity contribution in [3.8, 4) is 11.5 Å². The standard InChI is InChI=1S/C19H24N2O4S/c1-4-23-16-9-14-7-12(2)24-17(14)10-15(16)11-26-6-5-19(22)20-18-8-13(3)25-21-18/h8-10,12H,4-7,11H2,1-3H3,(H,20,21,22)/t12-/m1/s1. The van der Waals surface area contributed by atoms with Crippen molar-refractivity contribution in [3.05, 3.63) is 35.1 Å². The van der Waals surface area contributed by atoms with Crippen LogP contribution in [0.2, 0.25) is 0 Å². The van der Waals surface area contributed by atoms with Gasteiger partial charge in [0, 0.05) is 41.5 Å². The SMILES string of the molecule is CCOc1cc2c(cc1CSCCC(=O)Nc1cc(C)on1)O[C@H](C)C2. The van der Waals surface area contributed by atoms with Crippen LogP contribution in [0, 0.1) is 6.92 Å². The molecule has 0 saturated heterocycles. The average molecular weight is 376 g/mol. The molecule has 26 heavy (non-hydrogen) atoms. The molecule has 6 nitrogen and oxygen atoms in total. The Morgan fingerprint density at radius 1 is 1.42 bits per heavy atom. The van der Waals surface area contributed by atoms with E-state index in [-0.39, 0.29) is 12.0 Å². The second-order valence-electron chi connectivity index (χ2n) is 6.31. The molecule has 3 rings (SSSR count). The number of carbonyl (C=O) groups is 1. The van der Waals surface area contributed by atoms with Crippen molar-refractivity contribution in [2.24, 2.45) is 0 Å². The number of aromatic nitrogens is 1. The first-order valence-electron chi connectivity index (χ1n) is 8.81. The number of benzene rings is 1. The Balaban J connectivity index is 1.51. The van der Waals surface area contributed by atoms with Crippen LogP contribution in [0.15, 0.2) is 22.7 Å². The maximum Gasteiger partial charge on any atom is 0.226 e. The van der Waals surface area contributed by atoms with Gasteiger partial charge in [0.1, 0.15) is 23.4 Å². The predicted octanol–water partition coefficient (Wildman–Crippen LogP) is 3.97. The molecule has 0 fully saturated rings. The molecule has 0 bridgehead atoms. The van der Waals surface area contributed by atoms with Gasteiger partial charge in [0.15, 0.2) is 5.82 Å². The van der Waals surface area contributed by atoms with E-state index in [1.165, 1.54) is 5.56 Å². The third-order valence-electron chi connectivity index (χ3n) is 4.01. The zero-order valence-corrected chi connectivity index (χ0v) is 16.1. The summed E-state index contributed by atoms with van der Waals surface area (Å²) < 4.78 is 16.6. The summed E-state index contributed by atoms with van der Waals surface area (Å²) in [7, 11) is 0. The summed E-state index contributed by atoms with van der Waals surface area (Å²) >= 11 is 1.70. The normalized spacial score (nSPS) is 15.4. The topological polar surface area (TPSA) is 73.6 Å². The molecular formula is C19H24N2O4S. The number of carbonyl (C=O) groups excluding carboxylic acids is 1. The minimum atomic E-state index is -0.0676. The fourth-order valence-electron chi connectivity index (χ4n) is 2.86. The first kappa shape index (κ1) is 18.6. The zero-order chi connectivity index (χ0) is 18.5. The summed E-state index contributed by atoms with van der Waals surface area (Å²) in [6.07, 6.45) is 1.55. The maximum atomic E-state index is 11.9. The molecule has 0 aliphatic carbocycles. The van der Waals surface area contributed by atoms with Crippen molar-refractivity contribution in [2.45, 2.75) is 45.5 Å². The van der Waals surface area contributed by atoms with E-state index in [0.29, 0.717) is 30.4 Å². The van der Waals surface area contributed by atoms with Gasteiger partial charge in [-0.15, -0.1) is 0 Å². The van der Waals surface area contributed by atoms with Crippen molar-refractivity contribution >= 4 is 23.5 Å². The van der Waals surface area contributed by atoms with Crippen molar-refractivity contribution in [2.75, 3.05) is 17.7 Å². The fraction of sp³-hybridized carbons (Fsp3) is 0.474. The number of nitrogens with one attached hydrogen (secondary N) is 1. The molecule has 0 saturated carbocycles. The molecule has 1 amide bonds. The van der Waals surface area contributed by atoms with Gasteiger partial charge in [-0.2, -0.15) is 11.8 Å². The second-order valence-corrected chi connectivity index (χ2v) is 7.41. The minimum Gasteiger partial charge on any atom is -0.494 e. The molecule has 0 spiro atoms. The summed E-state index contributed by atoms with van der Waals surface area (Å²) in [6.45, 7) is 6.48. The highest BCUT2D eigenvalue weighted by molar-refractivity contribution is 7.98. The minimum absolute atomic E-state index is 0.0676. The van der Waals surface area contributed by atoms with Crippen LogP contribution >= 0.6 is 11.8 Å². The van der Waals surface area contributed by atoms with E-state index in [2.05, 4.69) is 29.5 Å². The Labute approximate surface area is 157 Å². The lowest BCUT2D eigenvalue weighted by atomic mass is 10.1. The highest BCUT2D eigenvalue weighted by atomic mass is 32.2. The van der Waals surface area contributed by atoms with Gasteiger partial charge in [-0.25, -0.2) is 0 Å². The van der Waals surface area contributed by atoms with Crippen LogP contribution in [0.25, 0.3) is 0 Å². The highest BCUT2D eigenvalue weighted by Gasteiger charge is 2.21. The van der Waals surface area contributed by atoms with E-state index in [1.807, 2.05) is 6.92 Å². The van der Waals surface area contributed by atoms with Crippen molar-refractivity contribution < 1.29 is 18.8 Å². The molecular weight excluding hydrogens is 352 g/mol. The number of rotatable bonds is 8. The number of thioether (sulfide) groups is 1. The number of nitrogens with zero attached hydrogens (tertiary/aromatic N) is 1. The molecule has 2 heterocycles. The largest absolute Gasteiger partial charge is 0.494 e. The van der Waals surface area contributed by atoms with Gasteiger partial charge in [0.2, 0.25) is 5.91 Å². The van der Waals surface area contributed by atoms with Crippen LogP contribution in [0.5, 0.6) is 11.5 Å². The summed E-state index contributed by atoms with van der Waals surface area (Å²) in [4.78, 5) is 11.9. The summed E-state index contributed by atoms with van der Waals surface area (Å²) in [5.74, 6) is 4.42. The molecule has 140 valence electrons. The smallest absolute Gasteiger partial charge is 0.226 e. The van der Waals surface area contributed by atoms with Gasteiger partial charge >= 0.3 is 0 Å². The maximum absolute atomic E-state index is 11.9. The van der Waals surface area contributed by atoms with E-state index in [9.17, 15) is 4.79 Å². The predicted molar refractivity (Wildman–Crippen MR) is 102 cm³/mol. The molecule has 1 aliphatic rings. The molecule has 1 aromatic heterocycles. The number of amides is 1. The Morgan fingerprint density at radius 2 is 2.27 bits per heavy atom. The lowest BCUT2D eigenvalue weighted by Gasteiger charge is -2.12. The number of anilines is 1. The molecule has 0 radical (unpaired) electrons. The lowest BCUT2D eigenvalue weighted by molar-refractivity contribution is -0.115. The Morgan fingerprint density at radius 3 is 3.00 bits per heavy atom. The van der Waals surface area contributed by atoms with E-state index in [1.54, 1.807) is 24.8 Å². The third kappa shape index (κ3) is 4.72. The average Bonchev–Trinajstić information content (AvgIpc) is 3.15. The first-order valence-corrected chi connectivity index (χ1v) is 9.96. The summed E-state index contributed by atoms with van der Waals surface area (Å²) in [6, 6.07) is 5.87. The number of aryl methyl sites for hydroxylation is 1. The quantitative estimate of drug-likeness (QED) is 0.703. The van der Waals surface area contributed by atoms with E-state index < -0.39 is 0 Å². The molecule has 1 atom stereocenters. The van der Waals surface area contributed by atoms with E-state index >= 15 is 0 Å². The van der Waals surface area contributed by atoms with E-state index in [0.717, 1.165) is 29.2 Å². The molecule has 7 heteroatoms. The first-order chi connectivity index (χ1) is 12.5. The van der Waals surface area contributed by atoms with Gasteiger partial charge in [0.25, 0.3) is 0 Å². The summed E-state index contributed by atoms with van der Waals surface area (Å²) in [5, 5.41) is 6.49. The molecule has 1 aliphatic heterocycles. The Bertz CT molecular complexity index is 775. The third-order valence-corrected chi connectivity index (χ3v) is 5.01. The number of fused-ring (bicyclic) bond motifs is 1. The van der Waals surface area contributed by atoms with Crippen molar-refractivity contribution in [1.29, 1.82) is 0 Å². The van der Waals surface area contributed by atoms with Gasteiger partial charge in [0.05, 0.1) is 6.61 Å². The molecule has 2 aromatic rings. The van der Waals surface area contributed by atoms with Gasteiger partial charge < -0.3 is 19.3 Å². The van der Waals surface area contributed by atoms with Crippen LogP contribution in [-0.2, 0) is 17.0 Å². The number of ether oxygens (including phenoxy) is 2. The molecule has 1 aromatic carbocycles. The van der Waals surface area contributed by atoms with Crippen LogP contribution in [-0.4, -0.2) is 29.5 Å². The number of hydrogen-bond acceptors (Lipinski definition) is 6. The Kier molecular flexibility index (Phi) is 6.08. The highest BCUT2D eigenvalue weighted by Crippen LogP contribution is 2.36.